The first-order chi connectivity index (χ1) is 12.5. The lowest BCUT2D eigenvalue weighted by molar-refractivity contribution is -0.116. The van der Waals surface area contributed by atoms with Crippen molar-refractivity contribution < 1.29 is 14.4 Å². The van der Waals surface area contributed by atoms with Crippen LogP contribution in [0.4, 0.5) is 5.69 Å². The van der Waals surface area contributed by atoms with Crippen molar-refractivity contribution in [2.45, 2.75) is 19.8 Å². The van der Waals surface area contributed by atoms with Crippen molar-refractivity contribution >= 4 is 33.9 Å². The Morgan fingerprint density at radius 2 is 1.42 bits per heavy atom. The first-order valence-electron chi connectivity index (χ1n) is 8.46. The molecule has 0 atom stereocenters. The van der Waals surface area contributed by atoms with Gasteiger partial charge in [-0.2, -0.15) is 0 Å². The van der Waals surface area contributed by atoms with E-state index in [1.807, 2.05) is 36.4 Å². The maximum atomic E-state index is 12.3. The Morgan fingerprint density at radius 1 is 0.769 bits per heavy atom. The number of hydrogen-bond donors (Lipinski definition) is 1. The van der Waals surface area contributed by atoms with Gasteiger partial charge < -0.3 is 5.32 Å². The summed E-state index contributed by atoms with van der Waals surface area (Å²) in [5.41, 5.74) is 1.81. The summed E-state index contributed by atoms with van der Waals surface area (Å²) in [7, 11) is 0. The van der Waals surface area contributed by atoms with Crippen molar-refractivity contribution in [3.63, 3.8) is 0 Å². The van der Waals surface area contributed by atoms with Crippen molar-refractivity contribution in [2.24, 2.45) is 0 Å². The molecule has 0 aliphatic rings. The van der Waals surface area contributed by atoms with E-state index in [2.05, 4.69) is 5.32 Å². The number of amides is 1. The average Bonchev–Trinajstić information content (AvgIpc) is 2.66. The normalized spacial score (nSPS) is 10.5. The number of carbonyl (C=O) groups excluding carboxylic acids is 3. The summed E-state index contributed by atoms with van der Waals surface area (Å²) in [6.45, 7) is 1.49. The number of benzene rings is 3. The third kappa shape index (κ3) is 4.22. The average molecular weight is 345 g/mol. The molecule has 0 radical (unpaired) electrons. The van der Waals surface area contributed by atoms with Crippen molar-refractivity contribution in [1.29, 1.82) is 0 Å². The van der Waals surface area contributed by atoms with Crippen LogP contribution in [0.3, 0.4) is 0 Å². The van der Waals surface area contributed by atoms with E-state index in [-0.39, 0.29) is 30.3 Å². The highest BCUT2D eigenvalue weighted by Crippen LogP contribution is 2.17. The second kappa shape index (κ2) is 7.74. The number of fused-ring (bicyclic) bond motifs is 1. The van der Waals surface area contributed by atoms with Gasteiger partial charge in [0, 0.05) is 29.7 Å². The van der Waals surface area contributed by atoms with E-state index in [9.17, 15) is 14.4 Å². The molecule has 3 rings (SSSR count). The molecule has 0 bridgehead atoms. The van der Waals surface area contributed by atoms with Crippen LogP contribution >= 0.6 is 0 Å². The van der Waals surface area contributed by atoms with Gasteiger partial charge in [-0.05, 0) is 48.0 Å². The number of Topliss-reactive ketones (excluding diaryl/α,β-unsaturated/α-hetero) is 2. The van der Waals surface area contributed by atoms with E-state index in [1.54, 1.807) is 30.3 Å². The van der Waals surface area contributed by atoms with Gasteiger partial charge in [-0.1, -0.05) is 36.4 Å². The molecule has 0 aromatic heterocycles. The fourth-order valence-electron chi connectivity index (χ4n) is 2.75. The van der Waals surface area contributed by atoms with E-state index in [4.69, 9.17) is 0 Å². The van der Waals surface area contributed by atoms with Gasteiger partial charge in [0.25, 0.3) is 0 Å². The number of hydrogen-bond acceptors (Lipinski definition) is 3. The van der Waals surface area contributed by atoms with Crippen LogP contribution in [0.1, 0.15) is 40.5 Å². The topological polar surface area (TPSA) is 63.2 Å². The highest BCUT2D eigenvalue weighted by molar-refractivity contribution is 6.02. The Kier molecular flexibility index (Phi) is 5.23. The van der Waals surface area contributed by atoms with Gasteiger partial charge in [0.2, 0.25) is 5.91 Å². The molecule has 0 heterocycles. The molecule has 0 aliphatic heterocycles. The molecule has 0 spiro atoms. The van der Waals surface area contributed by atoms with Gasteiger partial charge in [-0.3, -0.25) is 14.4 Å². The van der Waals surface area contributed by atoms with Gasteiger partial charge in [-0.15, -0.1) is 0 Å². The smallest absolute Gasteiger partial charge is 0.224 e. The molecule has 3 aromatic carbocycles. The van der Waals surface area contributed by atoms with Crippen LogP contribution in [0.5, 0.6) is 0 Å². The molecule has 0 saturated carbocycles. The van der Waals surface area contributed by atoms with Gasteiger partial charge in [0.1, 0.15) is 0 Å². The minimum absolute atomic E-state index is 0.0242. The number of ketones is 2. The number of carbonyl (C=O) groups is 3. The summed E-state index contributed by atoms with van der Waals surface area (Å²) in [4.78, 5) is 35.6. The fourth-order valence-corrected chi connectivity index (χ4v) is 2.75. The molecule has 0 unspecified atom stereocenters. The Hall–Kier alpha value is -3.27. The predicted octanol–water partition coefficient (Wildman–Crippen LogP) is 4.64. The monoisotopic (exact) mass is 345 g/mol. The molecule has 26 heavy (non-hydrogen) atoms. The van der Waals surface area contributed by atoms with Crippen molar-refractivity contribution in [3.8, 4) is 0 Å². The highest BCUT2D eigenvalue weighted by atomic mass is 16.2. The predicted molar refractivity (Wildman–Crippen MR) is 103 cm³/mol. The van der Waals surface area contributed by atoms with Gasteiger partial charge in [-0.25, -0.2) is 0 Å². The first kappa shape index (κ1) is 17.5. The molecule has 0 aliphatic carbocycles. The molecule has 4 heteroatoms. The quantitative estimate of drug-likeness (QED) is 0.662. The lowest BCUT2D eigenvalue weighted by atomic mass is 10.0. The molecule has 1 amide bonds. The molecule has 3 aromatic rings. The molecule has 1 N–H and O–H groups in total. The van der Waals surface area contributed by atoms with E-state index < -0.39 is 0 Å². The highest BCUT2D eigenvalue weighted by Gasteiger charge is 2.10. The second-order valence-electron chi connectivity index (χ2n) is 6.17. The zero-order valence-corrected chi connectivity index (χ0v) is 14.5. The summed E-state index contributed by atoms with van der Waals surface area (Å²) < 4.78 is 0. The third-order valence-corrected chi connectivity index (χ3v) is 4.23. The van der Waals surface area contributed by atoms with Gasteiger partial charge in [0.15, 0.2) is 11.6 Å². The lowest BCUT2D eigenvalue weighted by Gasteiger charge is -2.06. The Morgan fingerprint density at radius 3 is 2.12 bits per heavy atom. The lowest BCUT2D eigenvalue weighted by Crippen LogP contribution is -2.13. The zero-order chi connectivity index (χ0) is 18.5. The molecular formula is C22H19NO3. The molecule has 4 nitrogen and oxygen atoms in total. The SMILES string of the molecule is CC(=O)c1ccc(NC(=O)CCC(=O)c2ccc3ccccc3c2)cc1. The van der Waals surface area contributed by atoms with E-state index in [0.717, 1.165) is 10.8 Å². The van der Waals surface area contributed by atoms with E-state index >= 15 is 0 Å². The number of rotatable bonds is 6. The van der Waals surface area contributed by atoms with Crippen LogP contribution in [-0.2, 0) is 4.79 Å². The van der Waals surface area contributed by atoms with E-state index in [1.165, 1.54) is 6.92 Å². The van der Waals surface area contributed by atoms with Gasteiger partial charge in [0.05, 0.1) is 0 Å². The Balaban J connectivity index is 1.57. The van der Waals surface area contributed by atoms with E-state index in [0.29, 0.717) is 16.8 Å². The molecular weight excluding hydrogens is 326 g/mol. The van der Waals surface area contributed by atoms with Crippen LogP contribution in [0.15, 0.2) is 66.7 Å². The molecule has 0 fully saturated rings. The number of nitrogens with one attached hydrogen (secondary N) is 1. The Labute approximate surface area is 151 Å². The summed E-state index contributed by atoms with van der Waals surface area (Å²) in [5.74, 6) is -0.309. The van der Waals surface area contributed by atoms with Crippen molar-refractivity contribution in [2.75, 3.05) is 5.32 Å². The second-order valence-corrected chi connectivity index (χ2v) is 6.17. The van der Waals surface area contributed by atoms with Crippen LogP contribution < -0.4 is 5.32 Å². The summed E-state index contributed by atoms with van der Waals surface area (Å²) >= 11 is 0. The standard InChI is InChI=1S/C22H19NO3/c1-15(24)16-8-10-20(11-9-16)23-22(26)13-12-21(25)19-7-6-17-4-2-3-5-18(17)14-19/h2-11,14H,12-13H2,1H3,(H,23,26). The van der Waals surface area contributed by atoms with Crippen LogP contribution in [0.2, 0.25) is 0 Å². The van der Waals surface area contributed by atoms with Gasteiger partial charge >= 0.3 is 0 Å². The summed E-state index contributed by atoms with van der Waals surface area (Å²) in [5, 5.41) is 4.83. The van der Waals surface area contributed by atoms with Crippen LogP contribution in [-0.4, -0.2) is 17.5 Å². The summed E-state index contributed by atoms with van der Waals surface area (Å²) in [6, 6.07) is 20.1. The molecule has 0 saturated heterocycles. The first-order valence-corrected chi connectivity index (χ1v) is 8.46. The minimum Gasteiger partial charge on any atom is -0.326 e. The van der Waals surface area contributed by atoms with Crippen LogP contribution in [0, 0.1) is 0 Å². The maximum absolute atomic E-state index is 12.3. The molecule has 130 valence electrons. The zero-order valence-electron chi connectivity index (χ0n) is 14.5. The van der Waals surface area contributed by atoms with Crippen molar-refractivity contribution in [3.05, 3.63) is 77.9 Å². The largest absolute Gasteiger partial charge is 0.326 e. The Bertz CT molecular complexity index is 974. The van der Waals surface area contributed by atoms with Crippen molar-refractivity contribution in [1.82, 2.24) is 0 Å². The third-order valence-electron chi connectivity index (χ3n) is 4.23. The number of anilines is 1. The minimum atomic E-state index is -0.227. The summed E-state index contributed by atoms with van der Waals surface area (Å²) in [6.07, 6.45) is 0.260. The maximum Gasteiger partial charge on any atom is 0.224 e. The van der Waals surface area contributed by atoms with Crippen LogP contribution in [0.25, 0.3) is 10.8 Å². The fraction of sp³-hybridized carbons (Fsp3) is 0.136.